The van der Waals surface area contributed by atoms with E-state index in [-0.39, 0.29) is 18.3 Å². The third kappa shape index (κ3) is 2.85. The molecule has 0 fully saturated rings. The summed E-state index contributed by atoms with van der Waals surface area (Å²) >= 11 is 0. The monoisotopic (exact) mass is 249 g/mol. The van der Waals surface area contributed by atoms with Gasteiger partial charge in [0.2, 0.25) is 0 Å². The van der Waals surface area contributed by atoms with E-state index in [1.807, 2.05) is 0 Å². The molecule has 0 unspecified atom stereocenters. The van der Waals surface area contributed by atoms with Crippen molar-refractivity contribution in [1.29, 1.82) is 0 Å². The average molecular weight is 249 g/mol. The first kappa shape index (κ1) is 12.1. The Kier molecular flexibility index (Phi) is 3.57. The Morgan fingerprint density at radius 2 is 2.28 bits per heavy atom. The number of H-pyrrole nitrogens is 1. The van der Waals surface area contributed by atoms with Gasteiger partial charge in [0.1, 0.15) is 5.82 Å². The molecule has 0 radical (unpaired) electrons. The molecule has 0 saturated carbocycles. The maximum absolute atomic E-state index is 13.2. The second-order valence-electron chi connectivity index (χ2n) is 3.70. The molecule has 1 heterocycles. The molecule has 0 aliphatic carbocycles. The van der Waals surface area contributed by atoms with E-state index in [0.29, 0.717) is 5.82 Å². The van der Waals surface area contributed by atoms with Crippen LogP contribution in [0.25, 0.3) is 0 Å². The summed E-state index contributed by atoms with van der Waals surface area (Å²) in [6.07, 6.45) is 1.59. The van der Waals surface area contributed by atoms with Crippen molar-refractivity contribution >= 4 is 11.7 Å². The first-order valence-corrected chi connectivity index (χ1v) is 5.34. The number of aromatic nitrogens is 2. The highest BCUT2D eigenvalue weighted by Crippen LogP contribution is 2.15. The molecule has 2 aromatic rings. The van der Waals surface area contributed by atoms with Gasteiger partial charge in [0, 0.05) is 5.56 Å². The number of carbonyl (C=O) groups excluding carboxylic acids is 1. The van der Waals surface area contributed by atoms with Crippen LogP contribution < -0.4 is 10.1 Å². The number of anilines is 1. The molecular weight excluding hydrogens is 237 g/mol. The van der Waals surface area contributed by atoms with E-state index >= 15 is 0 Å². The molecule has 0 aliphatic heterocycles. The molecule has 5 nitrogen and oxygen atoms in total. The SMILES string of the molecule is Cc1cn[nH]c1NC(=O)COc1ccccc1F. The summed E-state index contributed by atoms with van der Waals surface area (Å²) in [6, 6.07) is 5.92. The molecule has 2 rings (SSSR count). The van der Waals surface area contributed by atoms with Crippen LogP contribution in [0.1, 0.15) is 5.56 Å². The van der Waals surface area contributed by atoms with Crippen molar-refractivity contribution in [2.24, 2.45) is 0 Å². The Morgan fingerprint density at radius 3 is 2.94 bits per heavy atom. The Hall–Kier alpha value is -2.37. The molecule has 1 aromatic heterocycles. The molecule has 0 bridgehead atoms. The third-order valence-electron chi connectivity index (χ3n) is 2.29. The molecule has 0 aliphatic rings. The van der Waals surface area contributed by atoms with Crippen molar-refractivity contribution in [2.45, 2.75) is 6.92 Å². The highest BCUT2D eigenvalue weighted by Gasteiger charge is 2.08. The zero-order valence-corrected chi connectivity index (χ0v) is 9.74. The Balaban J connectivity index is 1.90. The van der Waals surface area contributed by atoms with E-state index in [2.05, 4.69) is 15.5 Å². The number of ether oxygens (including phenoxy) is 1. The molecule has 6 heteroatoms. The number of amides is 1. The number of halogens is 1. The Labute approximate surface area is 103 Å². The first-order chi connectivity index (χ1) is 8.66. The van der Waals surface area contributed by atoms with Crippen LogP contribution in [0.15, 0.2) is 30.5 Å². The van der Waals surface area contributed by atoms with Gasteiger partial charge in [-0.25, -0.2) is 4.39 Å². The second kappa shape index (κ2) is 5.31. The topological polar surface area (TPSA) is 67.0 Å². The number of aromatic amines is 1. The maximum atomic E-state index is 13.2. The highest BCUT2D eigenvalue weighted by atomic mass is 19.1. The van der Waals surface area contributed by atoms with E-state index in [4.69, 9.17) is 4.74 Å². The molecule has 0 saturated heterocycles. The van der Waals surface area contributed by atoms with Crippen LogP contribution in [0, 0.1) is 12.7 Å². The van der Waals surface area contributed by atoms with Gasteiger partial charge in [0.25, 0.3) is 5.91 Å². The van der Waals surface area contributed by atoms with Crippen LogP contribution >= 0.6 is 0 Å². The Morgan fingerprint density at radius 1 is 1.50 bits per heavy atom. The van der Waals surface area contributed by atoms with Crippen molar-refractivity contribution in [1.82, 2.24) is 10.2 Å². The van der Waals surface area contributed by atoms with Gasteiger partial charge in [0.15, 0.2) is 18.2 Å². The van der Waals surface area contributed by atoms with Gasteiger partial charge in [0.05, 0.1) is 6.20 Å². The number of nitrogens with zero attached hydrogens (tertiary/aromatic N) is 1. The fourth-order valence-electron chi connectivity index (χ4n) is 1.35. The lowest BCUT2D eigenvalue weighted by atomic mass is 10.3. The first-order valence-electron chi connectivity index (χ1n) is 5.34. The zero-order valence-electron chi connectivity index (χ0n) is 9.74. The predicted octanol–water partition coefficient (Wildman–Crippen LogP) is 1.87. The molecule has 18 heavy (non-hydrogen) atoms. The number of aryl methyl sites for hydroxylation is 1. The van der Waals surface area contributed by atoms with Gasteiger partial charge in [-0.2, -0.15) is 5.10 Å². The van der Waals surface area contributed by atoms with Crippen LogP contribution in [-0.4, -0.2) is 22.7 Å². The minimum atomic E-state index is -0.497. The van der Waals surface area contributed by atoms with E-state index in [1.54, 1.807) is 25.3 Å². The van der Waals surface area contributed by atoms with E-state index < -0.39 is 5.82 Å². The number of nitrogens with one attached hydrogen (secondary N) is 2. The smallest absolute Gasteiger partial charge is 0.263 e. The van der Waals surface area contributed by atoms with Gasteiger partial charge in [-0.05, 0) is 19.1 Å². The van der Waals surface area contributed by atoms with Gasteiger partial charge in [-0.15, -0.1) is 0 Å². The van der Waals surface area contributed by atoms with Gasteiger partial charge in [-0.1, -0.05) is 12.1 Å². The summed E-state index contributed by atoms with van der Waals surface area (Å²) in [5.41, 5.74) is 0.814. The van der Waals surface area contributed by atoms with Crippen LogP contribution in [0.3, 0.4) is 0 Å². The predicted molar refractivity (Wildman–Crippen MR) is 63.8 cm³/mol. The van der Waals surface area contributed by atoms with E-state index in [1.165, 1.54) is 12.1 Å². The normalized spacial score (nSPS) is 10.1. The molecule has 1 aromatic carbocycles. The van der Waals surface area contributed by atoms with Gasteiger partial charge >= 0.3 is 0 Å². The lowest BCUT2D eigenvalue weighted by Gasteiger charge is -2.07. The van der Waals surface area contributed by atoms with Crippen molar-refractivity contribution in [3.05, 3.63) is 41.8 Å². The second-order valence-corrected chi connectivity index (χ2v) is 3.70. The van der Waals surface area contributed by atoms with Gasteiger partial charge in [-0.3, -0.25) is 9.89 Å². The van der Waals surface area contributed by atoms with Crippen LogP contribution in [0.5, 0.6) is 5.75 Å². The number of hydrogen-bond acceptors (Lipinski definition) is 3. The summed E-state index contributed by atoms with van der Waals surface area (Å²) in [4.78, 5) is 11.5. The highest BCUT2D eigenvalue weighted by molar-refractivity contribution is 5.91. The molecular formula is C12H12FN3O2. The number of benzene rings is 1. The van der Waals surface area contributed by atoms with Crippen molar-refractivity contribution in [2.75, 3.05) is 11.9 Å². The largest absolute Gasteiger partial charge is 0.481 e. The van der Waals surface area contributed by atoms with Crippen molar-refractivity contribution in [3.63, 3.8) is 0 Å². The average Bonchev–Trinajstić information content (AvgIpc) is 2.74. The molecule has 1 amide bonds. The minimum absolute atomic E-state index is 0.0500. The summed E-state index contributed by atoms with van der Waals surface area (Å²) < 4.78 is 18.3. The lowest BCUT2D eigenvalue weighted by molar-refractivity contribution is -0.118. The van der Waals surface area contributed by atoms with E-state index in [9.17, 15) is 9.18 Å². The van der Waals surface area contributed by atoms with Crippen LogP contribution in [-0.2, 0) is 4.79 Å². The number of hydrogen-bond donors (Lipinski definition) is 2. The number of para-hydroxylation sites is 1. The maximum Gasteiger partial charge on any atom is 0.263 e. The third-order valence-corrected chi connectivity index (χ3v) is 2.29. The zero-order chi connectivity index (χ0) is 13.0. The van der Waals surface area contributed by atoms with Gasteiger partial charge < -0.3 is 10.1 Å². The van der Waals surface area contributed by atoms with E-state index in [0.717, 1.165) is 5.56 Å². The van der Waals surface area contributed by atoms with Crippen LogP contribution in [0.2, 0.25) is 0 Å². The minimum Gasteiger partial charge on any atom is -0.481 e. The summed E-state index contributed by atoms with van der Waals surface area (Å²) in [5, 5.41) is 8.98. The van der Waals surface area contributed by atoms with Crippen LogP contribution in [0.4, 0.5) is 10.2 Å². The number of carbonyl (C=O) groups is 1. The molecule has 0 spiro atoms. The van der Waals surface area contributed by atoms with Crippen molar-refractivity contribution < 1.29 is 13.9 Å². The fraction of sp³-hybridized carbons (Fsp3) is 0.167. The van der Waals surface area contributed by atoms with Crippen molar-refractivity contribution in [3.8, 4) is 5.75 Å². The standard InChI is InChI=1S/C12H12FN3O2/c1-8-6-14-16-12(8)15-11(17)7-18-10-5-3-2-4-9(10)13/h2-6H,7H2,1H3,(H2,14,15,16,17). The molecule has 0 atom stereocenters. The quantitative estimate of drug-likeness (QED) is 0.869. The fourth-order valence-corrected chi connectivity index (χ4v) is 1.35. The summed E-state index contributed by atoms with van der Waals surface area (Å²) in [5.74, 6) is -0.320. The molecule has 94 valence electrons. The summed E-state index contributed by atoms with van der Waals surface area (Å²) in [6.45, 7) is 1.54. The Bertz CT molecular complexity index is 554. The summed E-state index contributed by atoms with van der Waals surface area (Å²) in [7, 11) is 0. The number of rotatable bonds is 4. The molecule has 2 N–H and O–H groups in total. The lowest BCUT2D eigenvalue weighted by Crippen LogP contribution is -2.21.